The zero-order chi connectivity index (χ0) is 15.9. The van der Waals surface area contributed by atoms with Crippen molar-refractivity contribution in [3.05, 3.63) is 21.9 Å². The Hall–Kier alpha value is -1.40. The molecule has 1 fully saturated rings. The van der Waals surface area contributed by atoms with Crippen LogP contribution in [0.3, 0.4) is 0 Å². The molecule has 0 spiro atoms. The lowest BCUT2D eigenvalue weighted by Gasteiger charge is -2.20. The lowest BCUT2D eigenvalue weighted by molar-refractivity contribution is -0.136. The largest absolute Gasteiger partial charge is 0.477 e. The van der Waals surface area contributed by atoms with Gasteiger partial charge in [-0.05, 0) is 31.9 Å². The number of carboxylic acid groups (broad SMARTS) is 1. The van der Waals surface area contributed by atoms with Crippen LogP contribution in [-0.4, -0.2) is 29.2 Å². The average Bonchev–Trinajstić information content (AvgIpc) is 2.83. The first-order chi connectivity index (χ1) is 10.6. The third-order valence-corrected chi connectivity index (χ3v) is 4.95. The van der Waals surface area contributed by atoms with Gasteiger partial charge in [0.25, 0.3) is 0 Å². The van der Waals surface area contributed by atoms with Gasteiger partial charge < -0.3 is 15.2 Å². The summed E-state index contributed by atoms with van der Waals surface area (Å²) in [6, 6.07) is 3.28. The quantitative estimate of drug-likeness (QED) is 0.788. The van der Waals surface area contributed by atoms with E-state index in [2.05, 4.69) is 5.32 Å². The minimum Gasteiger partial charge on any atom is -0.477 e. The molecular formula is C16H23NO4S. The van der Waals surface area contributed by atoms with Crippen LogP contribution in [0.5, 0.6) is 0 Å². The highest BCUT2D eigenvalue weighted by Crippen LogP contribution is 2.21. The Kier molecular flexibility index (Phi) is 6.39. The summed E-state index contributed by atoms with van der Waals surface area (Å²) < 4.78 is 5.86. The second kappa shape index (κ2) is 8.29. The van der Waals surface area contributed by atoms with Gasteiger partial charge in [-0.1, -0.05) is 25.7 Å². The van der Waals surface area contributed by atoms with Crippen LogP contribution in [0.25, 0.3) is 0 Å². The fourth-order valence-electron chi connectivity index (χ4n) is 2.63. The second-order valence-electron chi connectivity index (χ2n) is 5.68. The summed E-state index contributed by atoms with van der Waals surface area (Å²) in [4.78, 5) is 24.0. The van der Waals surface area contributed by atoms with Crippen LogP contribution in [0.4, 0.5) is 0 Å². The Morgan fingerprint density at radius 2 is 2.00 bits per heavy atom. The smallest absolute Gasteiger partial charge is 0.345 e. The van der Waals surface area contributed by atoms with Crippen molar-refractivity contribution in [2.24, 2.45) is 0 Å². The summed E-state index contributed by atoms with van der Waals surface area (Å²) >= 11 is 1.18. The highest BCUT2D eigenvalue weighted by molar-refractivity contribution is 7.13. The number of thiophene rings is 1. The molecule has 122 valence electrons. The molecule has 2 N–H and O–H groups in total. The highest BCUT2D eigenvalue weighted by atomic mass is 32.1. The molecule has 0 aliphatic heterocycles. The molecule has 1 aromatic heterocycles. The van der Waals surface area contributed by atoms with Gasteiger partial charge in [-0.3, -0.25) is 4.79 Å². The fourth-order valence-corrected chi connectivity index (χ4v) is 3.42. The van der Waals surface area contributed by atoms with E-state index in [1.54, 1.807) is 19.1 Å². The second-order valence-corrected chi connectivity index (χ2v) is 6.85. The first kappa shape index (κ1) is 17.0. The number of carbonyl (C=O) groups is 2. The van der Waals surface area contributed by atoms with Gasteiger partial charge in [-0.25, -0.2) is 4.79 Å². The van der Waals surface area contributed by atoms with Crippen molar-refractivity contribution in [2.45, 2.75) is 64.2 Å². The van der Waals surface area contributed by atoms with E-state index in [1.165, 1.54) is 37.0 Å². The maximum atomic E-state index is 12.1. The first-order valence-electron chi connectivity index (χ1n) is 7.81. The van der Waals surface area contributed by atoms with Crippen molar-refractivity contribution in [3.8, 4) is 0 Å². The predicted molar refractivity (Wildman–Crippen MR) is 85.2 cm³/mol. The molecule has 1 aromatic rings. The van der Waals surface area contributed by atoms with Crippen LogP contribution < -0.4 is 5.32 Å². The standard InChI is InChI=1S/C16H23NO4S/c1-11(21-12-6-4-2-3-5-7-12)15(18)17-10-13-8-9-14(22-13)16(19)20/h8-9,11-12H,2-7,10H2,1H3,(H,17,18)(H,19,20). The molecule has 1 atom stereocenters. The van der Waals surface area contributed by atoms with Gasteiger partial charge >= 0.3 is 5.97 Å². The van der Waals surface area contributed by atoms with E-state index < -0.39 is 12.1 Å². The van der Waals surface area contributed by atoms with Crippen molar-refractivity contribution in [2.75, 3.05) is 0 Å². The number of carbonyl (C=O) groups excluding carboxylic acids is 1. The van der Waals surface area contributed by atoms with E-state index in [9.17, 15) is 9.59 Å². The van der Waals surface area contributed by atoms with E-state index in [4.69, 9.17) is 9.84 Å². The third-order valence-electron chi connectivity index (χ3n) is 3.88. The molecule has 1 amide bonds. The normalized spacial score (nSPS) is 17.7. The van der Waals surface area contributed by atoms with Crippen LogP contribution >= 0.6 is 11.3 Å². The number of carboxylic acids is 1. The molecule has 22 heavy (non-hydrogen) atoms. The molecule has 1 aliphatic rings. The number of hydrogen-bond acceptors (Lipinski definition) is 4. The number of ether oxygens (including phenoxy) is 1. The molecule has 6 heteroatoms. The van der Waals surface area contributed by atoms with Crippen LogP contribution in [0.1, 0.15) is 60.0 Å². The van der Waals surface area contributed by atoms with Gasteiger partial charge in [0.1, 0.15) is 11.0 Å². The molecule has 5 nitrogen and oxygen atoms in total. The van der Waals surface area contributed by atoms with Gasteiger partial charge in [-0.15, -0.1) is 11.3 Å². The maximum Gasteiger partial charge on any atom is 0.345 e. The predicted octanol–water partition coefficient (Wildman–Crippen LogP) is 3.19. The Morgan fingerprint density at radius 3 is 2.59 bits per heavy atom. The number of amides is 1. The maximum absolute atomic E-state index is 12.1. The van der Waals surface area contributed by atoms with E-state index in [-0.39, 0.29) is 16.9 Å². The molecule has 0 saturated heterocycles. The average molecular weight is 325 g/mol. The van der Waals surface area contributed by atoms with Crippen molar-refractivity contribution in [1.29, 1.82) is 0 Å². The lowest BCUT2D eigenvalue weighted by Crippen LogP contribution is -2.36. The highest BCUT2D eigenvalue weighted by Gasteiger charge is 2.20. The molecular weight excluding hydrogens is 302 g/mol. The van der Waals surface area contributed by atoms with Gasteiger partial charge in [-0.2, -0.15) is 0 Å². The number of rotatable bonds is 6. The SMILES string of the molecule is CC(OC1CCCCCC1)C(=O)NCc1ccc(C(=O)O)s1. The number of hydrogen-bond donors (Lipinski definition) is 2. The summed E-state index contributed by atoms with van der Waals surface area (Å²) in [7, 11) is 0. The molecule has 1 saturated carbocycles. The van der Waals surface area contributed by atoms with Gasteiger partial charge in [0.2, 0.25) is 5.91 Å². The molecule has 0 bridgehead atoms. The van der Waals surface area contributed by atoms with Crippen LogP contribution in [0.15, 0.2) is 12.1 Å². The Balaban J connectivity index is 1.76. The summed E-state index contributed by atoms with van der Waals surface area (Å²) in [5, 5.41) is 11.7. The van der Waals surface area contributed by atoms with Gasteiger partial charge in [0.15, 0.2) is 0 Å². The number of aromatic carboxylic acids is 1. The Morgan fingerprint density at radius 1 is 1.32 bits per heavy atom. The van der Waals surface area contributed by atoms with E-state index in [0.717, 1.165) is 17.7 Å². The van der Waals surface area contributed by atoms with Crippen molar-refractivity contribution in [1.82, 2.24) is 5.32 Å². The Bertz CT molecular complexity index is 506. The molecule has 2 rings (SSSR count). The van der Waals surface area contributed by atoms with Crippen LogP contribution in [0.2, 0.25) is 0 Å². The molecule has 1 aliphatic carbocycles. The summed E-state index contributed by atoms with van der Waals surface area (Å²) in [6.45, 7) is 2.12. The van der Waals surface area contributed by atoms with Crippen LogP contribution in [0, 0.1) is 0 Å². The minimum atomic E-state index is -0.937. The van der Waals surface area contributed by atoms with Crippen LogP contribution in [-0.2, 0) is 16.1 Å². The van der Waals surface area contributed by atoms with Gasteiger partial charge in [0.05, 0.1) is 12.6 Å². The zero-order valence-electron chi connectivity index (χ0n) is 12.8. The van der Waals surface area contributed by atoms with E-state index in [0.29, 0.717) is 6.54 Å². The first-order valence-corrected chi connectivity index (χ1v) is 8.63. The summed E-state index contributed by atoms with van der Waals surface area (Å²) in [5.41, 5.74) is 0. The third kappa shape index (κ3) is 5.10. The van der Waals surface area contributed by atoms with Crippen molar-refractivity contribution in [3.63, 3.8) is 0 Å². The zero-order valence-corrected chi connectivity index (χ0v) is 13.7. The number of nitrogens with one attached hydrogen (secondary N) is 1. The molecule has 0 radical (unpaired) electrons. The topological polar surface area (TPSA) is 75.6 Å². The fraction of sp³-hybridized carbons (Fsp3) is 0.625. The Labute approximate surface area is 134 Å². The van der Waals surface area contributed by atoms with E-state index >= 15 is 0 Å². The summed E-state index contributed by atoms with van der Waals surface area (Å²) in [5.74, 6) is -1.08. The molecule has 1 unspecified atom stereocenters. The monoisotopic (exact) mass is 325 g/mol. The molecule has 0 aromatic carbocycles. The van der Waals surface area contributed by atoms with Gasteiger partial charge in [0, 0.05) is 4.88 Å². The molecule has 1 heterocycles. The van der Waals surface area contributed by atoms with Crippen molar-refractivity contribution < 1.29 is 19.4 Å². The lowest BCUT2D eigenvalue weighted by atomic mass is 10.1. The minimum absolute atomic E-state index is 0.144. The summed E-state index contributed by atoms with van der Waals surface area (Å²) in [6.07, 6.45) is 6.63. The van der Waals surface area contributed by atoms with Crippen molar-refractivity contribution >= 4 is 23.2 Å². The van der Waals surface area contributed by atoms with E-state index in [1.807, 2.05) is 0 Å².